The van der Waals surface area contributed by atoms with E-state index >= 15 is 0 Å². The van der Waals surface area contributed by atoms with Crippen molar-refractivity contribution in [3.63, 3.8) is 0 Å². The Morgan fingerprint density at radius 2 is 1.72 bits per heavy atom. The number of nitriles is 2. The van der Waals surface area contributed by atoms with E-state index in [-0.39, 0.29) is 0 Å². The van der Waals surface area contributed by atoms with Gasteiger partial charge in [-0.1, -0.05) is 6.07 Å². The van der Waals surface area contributed by atoms with Gasteiger partial charge in [0.05, 0.1) is 47.5 Å². The summed E-state index contributed by atoms with van der Waals surface area (Å²) < 4.78 is 5.24. The number of fused-ring (bicyclic) bond motifs is 1. The molecule has 0 fully saturated rings. The Hall–Kier alpha value is -4.03. The molecule has 0 spiro atoms. The largest absolute Gasteiger partial charge is 0.497 e. The Morgan fingerprint density at radius 3 is 2.38 bits per heavy atom. The van der Waals surface area contributed by atoms with Crippen LogP contribution in [0.2, 0.25) is 0 Å². The second-order valence-corrected chi connectivity index (χ2v) is 6.96. The number of benzene rings is 2. The van der Waals surface area contributed by atoms with Crippen LogP contribution < -0.4 is 10.1 Å². The number of aromatic amines is 1. The summed E-state index contributed by atoms with van der Waals surface area (Å²) in [6.45, 7) is 3.82. The zero-order chi connectivity index (χ0) is 20.5. The molecule has 142 valence electrons. The first-order valence-electron chi connectivity index (χ1n) is 9.18. The van der Waals surface area contributed by atoms with Gasteiger partial charge in [-0.25, -0.2) is 0 Å². The second-order valence-electron chi connectivity index (χ2n) is 6.96. The highest BCUT2D eigenvalue weighted by Crippen LogP contribution is 2.41. The standard InChI is InChI=1S/C23H19N5O/c1-13-19(11-24)22(16-6-9-21-18(10-16)14(2)27-28-21)20(12-25)23(26-13)15-4-7-17(29-3)8-5-15/h4-10,22,26H,1-3H3,(H,27,28). The van der Waals surface area contributed by atoms with Crippen LogP contribution in [-0.4, -0.2) is 17.3 Å². The molecule has 1 aromatic heterocycles. The first-order valence-corrected chi connectivity index (χ1v) is 9.18. The van der Waals surface area contributed by atoms with E-state index in [9.17, 15) is 10.5 Å². The Morgan fingerprint density at radius 1 is 1.00 bits per heavy atom. The van der Waals surface area contributed by atoms with Crippen LogP contribution in [0.3, 0.4) is 0 Å². The highest BCUT2D eigenvalue weighted by molar-refractivity contribution is 5.84. The van der Waals surface area contributed by atoms with Crippen LogP contribution >= 0.6 is 0 Å². The molecule has 0 aliphatic carbocycles. The fourth-order valence-electron chi connectivity index (χ4n) is 3.75. The Bertz CT molecular complexity index is 1250. The fraction of sp³-hybridized carbons (Fsp3) is 0.174. The van der Waals surface area contributed by atoms with Gasteiger partial charge < -0.3 is 10.1 Å². The molecule has 6 nitrogen and oxygen atoms in total. The lowest BCUT2D eigenvalue weighted by Crippen LogP contribution is -2.24. The molecule has 2 aromatic carbocycles. The molecule has 3 aromatic rings. The third-order valence-corrected chi connectivity index (χ3v) is 5.28. The van der Waals surface area contributed by atoms with E-state index in [0.29, 0.717) is 16.8 Å². The van der Waals surface area contributed by atoms with Gasteiger partial charge in [-0.2, -0.15) is 15.6 Å². The van der Waals surface area contributed by atoms with Crippen LogP contribution in [0.5, 0.6) is 5.75 Å². The molecule has 0 saturated heterocycles. The lowest BCUT2D eigenvalue weighted by atomic mass is 9.80. The molecule has 29 heavy (non-hydrogen) atoms. The molecule has 0 saturated carbocycles. The third-order valence-electron chi connectivity index (χ3n) is 5.28. The zero-order valence-electron chi connectivity index (χ0n) is 16.4. The predicted octanol–water partition coefficient (Wildman–Crippen LogP) is 4.30. The van der Waals surface area contributed by atoms with E-state index in [0.717, 1.165) is 39.2 Å². The van der Waals surface area contributed by atoms with E-state index in [4.69, 9.17) is 4.74 Å². The molecule has 6 heteroatoms. The van der Waals surface area contributed by atoms with Crippen LogP contribution in [0.4, 0.5) is 0 Å². The first-order chi connectivity index (χ1) is 14.1. The normalized spacial score (nSPS) is 16.4. The minimum absolute atomic E-state index is 0.443. The summed E-state index contributed by atoms with van der Waals surface area (Å²) in [6, 6.07) is 18.0. The maximum atomic E-state index is 10.1. The van der Waals surface area contributed by atoms with Gasteiger partial charge in [-0.15, -0.1) is 0 Å². The Balaban J connectivity index is 1.92. The van der Waals surface area contributed by atoms with Gasteiger partial charge >= 0.3 is 0 Å². The van der Waals surface area contributed by atoms with E-state index in [2.05, 4.69) is 27.7 Å². The van der Waals surface area contributed by atoms with Crippen molar-refractivity contribution < 1.29 is 4.74 Å². The summed E-state index contributed by atoms with van der Waals surface area (Å²) in [5, 5.41) is 31.4. The molecule has 0 bridgehead atoms. The number of aryl methyl sites for hydroxylation is 1. The third kappa shape index (κ3) is 3.01. The highest BCUT2D eigenvalue weighted by atomic mass is 16.5. The van der Waals surface area contributed by atoms with Crippen molar-refractivity contribution in [2.45, 2.75) is 19.8 Å². The van der Waals surface area contributed by atoms with Crippen LogP contribution in [0, 0.1) is 29.6 Å². The molecule has 2 heterocycles. The lowest BCUT2D eigenvalue weighted by molar-refractivity contribution is 0.415. The SMILES string of the molecule is COc1ccc(C2=C(C#N)C(c3ccc4n[nH]c(C)c4c3)C(C#N)=C(C)N2)cc1. The van der Waals surface area contributed by atoms with Crippen molar-refractivity contribution in [2.75, 3.05) is 7.11 Å². The van der Waals surface area contributed by atoms with Crippen molar-refractivity contribution in [3.8, 4) is 17.9 Å². The molecular weight excluding hydrogens is 362 g/mol. The quantitative estimate of drug-likeness (QED) is 0.705. The number of H-pyrrole nitrogens is 1. The van der Waals surface area contributed by atoms with Gasteiger partial charge in [0, 0.05) is 16.8 Å². The van der Waals surface area contributed by atoms with E-state index in [1.165, 1.54) is 0 Å². The molecule has 0 radical (unpaired) electrons. The van der Waals surface area contributed by atoms with E-state index in [1.807, 2.05) is 56.3 Å². The minimum atomic E-state index is -0.443. The van der Waals surface area contributed by atoms with Crippen molar-refractivity contribution in [1.82, 2.24) is 15.5 Å². The number of nitrogens with one attached hydrogen (secondary N) is 2. The number of ether oxygens (including phenoxy) is 1. The predicted molar refractivity (Wildman–Crippen MR) is 111 cm³/mol. The fourth-order valence-corrected chi connectivity index (χ4v) is 3.75. The summed E-state index contributed by atoms with van der Waals surface area (Å²) in [5.74, 6) is 0.299. The summed E-state index contributed by atoms with van der Waals surface area (Å²) >= 11 is 0. The summed E-state index contributed by atoms with van der Waals surface area (Å²) in [7, 11) is 1.62. The topological polar surface area (TPSA) is 97.5 Å². The van der Waals surface area contributed by atoms with E-state index < -0.39 is 5.92 Å². The van der Waals surface area contributed by atoms with Crippen molar-refractivity contribution >= 4 is 16.6 Å². The van der Waals surface area contributed by atoms with Crippen LogP contribution in [0.15, 0.2) is 59.3 Å². The molecular formula is C23H19N5O. The van der Waals surface area contributed by atoms with Gasteiger partial charge in [-0.3, -0.25) is 5.10 Å². The smallest absolute Gasteiger partial charge is 0.118 e. The van der Waals surface area contributed by atoms with Gasteiger partial charge in [0.2, 0.25) is 0 Å². The van der Waals surface area contributed by atoms with Gasteiger partial charge in [0.1, 0.15) is 5.75 Å². The van der Waals surface area contributed by atoms with Crippen molar-refractivity contribution in [3.05, 3.63) is 76.1 Å². The van der Waals surface area contributed by atoms with Crippen LogP contribution in [-0.2, 0) is 0 Å². The summed E-state index contributed by atoms with van der Waals surface area (Å²) in [5.41, 5.74) is 6.07. The highest BCUT2D eigenvalue weighted by Gasteiger charge is 2.31. The number of nitrogens with zero attached hydrogens (tertiary/aromatic N) is 3. The number of allylic oxidation sites excluding steroid dienone is 3. The molecule has 0 amide bonds. The average molecular weight is 381 g/mol. The molecule has 1 aliphatic rings. The molecule has 1 atom stereocenters. The second kappa shape index (κ2) is 7.18. The summed E-state index contributed by atoms with van der Waals surface area (Å²) in [4.78, 5) is 0. The number of hydrogen-bond acceptors (Lipinski definition) is 5. The van der Waals surface area contributed by atoms with Crippen LogP contribution in [0.25, 0.3) is 16.6 Å². The van der Waals surface area contributed by atoms with Crippen molar-refractivity contribution in [2.24, 2.45) is 0 Å². The van der Waals surface area contributed by atoms with Gasteiger partial charge in [0.15, 0.2) is 0 Å². The number of methoxy groups -OCH3 is 1. The van der Waals surface area contributed by atoms with Crippen LogP contribution in [0.1, 0.15) is 29.7 Å². The molecule has 1 unspecified atom stereocenters. The number of rotatable bonds is 3. The first kappa shape index (κ1) is 18.3. The number of dihydropyridines is 1. The lowest BCUT2D eigenvalue weighted by Gasteiger charge is -2.28. The van der Waals surface area contributed by atoms with Gasteiger partial charge in [-0.05, 0) is 61.4 Å². The Kier molecular flexibility index (Phi) is 4.54. The number of hydrogen-bond donors (Lipinski definition) is 2. The molecule has 2 N–H and O–H groups in total. The minimum Gasteiger partial charge on any atom is -0.497 e. The average Bonchev–Trinajstić information content (AvgIpc) is 3.13. The maximum absolute atomic E-state index is 10.1. The Labute approximate surface area is 168 Å². The van der Waals surface area contributed by atoms with Crippen molar-refractivity contribution in [1.29, 1.82) is 10.5 Å². The van der Waals surface area contributed by atoms with Gasteiger partial charge in [0.25, 0.3) is 0 Å². The molecule has 4 rings (SSSR count). The maximum Gasteiger partial charge on any atom is 0.118 e. The van der Waals surface area contributed by atoms with E-state index in [1.54, 1.807) is 7.11 Å². The zero-order valence-corrected chi connectivity index (χ0v) is 16.4. The molecule has 1 aliphatic heterocycles. The summed E-state index contributed by atoms with van der Waals surface area (Å²) in [6.07, 6.45) is 0. The monoisotopic (exact) mass is 381 g/mol. The number of aromatic nitrogens is 2.